The molecule has 0 aliphatic heterocycles. The number of carboxylic acid groups (broad SMARTS) is 1. The molecule has 0 aliphatic carbocycles. The lowest BCUT2D eigenvalue weighted by atomic mass is 9.99. The van der Waals surface area contributed by atoms with Crippen LogP contribution in [0.25, 0.3) is 0 Å². The van der Waals surface area contributed by atoms with E-state index >= 15 is 0 Å². The van der Waals surface area contributed by atoms with Gasteiger partial charge in [0, 0.05) is 6.54 Å². The number of carbonyl (C=O) groups is 1. The Morgan fingerprint density at radius 3 is 2.22 bits per heavy atom. The van der Waals surface area contributed by atoms with Crippen molar-refractivity contribution in [1.82, 2.24) is 5.32 Å². The van der Waals surface area contributed by atoms with Gasteiger partial charge in [0.25, 0.3) is 0 Å². The highest BCUT2D eigenvalue weighted by Gasteiger charge is 2.22. The van der Waals surface area contributed by atoms with Gasteiger partial charge in [-0.25, -0.2) is 0 Å². The van der Waals surface area contributed by atoms with Gasteiger partial charge in [-0.3, -0.25) is 4.79 Å². The van der Waals surface area contributed by atoms with Gasteiger partial charge in [0.1, 0.15) is 6.04 Å². The van der Waals surface area contributed by atoms with Gasteiger partial charge in [-0.15, -0.1) is 0 Å². The van der Waals surface area contributed by atoms with Crippen LogP contribution in [-0.4, -0.2) is 17.1 Å². The summed E-state index contributed by atoms with van der Waals surface area (Å²) in [6, 6.07) is 7.83. The van der Waals surface area contributed by atoms with Crippen LogP contribution in [-0.2, 0) is 17.8 Å². The number of aryl methyl sites for hydroxylation is 1. The van der Waals surface area contributed by atoms with Crippen molar-refractivity contribution in [1.29, 1.82) is 0 Å². The fourth-order valence-corrected chi connectivity index (χ4v) is 1.89. The highest BCUT2D eigenvalue weighted by molar-refractivity contribution is 5.73. The topological polar surface area (TPSA) is 49.3 Å². The molecule has 18 heavy (non-hydrogen) atoms. The predicted octanol–water partition coefficient (Wildman–Crippen LogP) is 2.84. The lowest BCUT2D eigenvalue weighted by molar-refractivity contribution is -0.140. The maximum atomic E-state index is 11.2. The van der Waals surface area contributed by atoms with Crippen LogP contribution >= 0.6 is 0 Å². The van der Waals surface area contributed by atoms with Crippen molar-refractivity contribution in [3.63, 3.8) is 0 Å². The zero-order valence-electron chi connectivity index (χ0n) is 11.4. The van der Waals surface area contributed by atoms with Crippen LogP contribution in [0, 0.1) is 5.92 Å². The van der Waals surface area contributed by atoms with Gasteiger partial charge >= 0.3 is 5.97 Å². The average molecular weight is 249 g/mol. The van der Waals surface area contributed by atoms with E-state index in [0.717, 1.165) is 18.4 Å². The third-order valence-electron chi connectivity index (χ3n) is 3.44. The second kappa shape index (κ2) is 7.17. The van der Waals surface area contributed by atoms with Crippen LogP contribution in [0.2, 0.25) is 0 Å². The van der Waals surface area contributed by atoms with Gasteiger partial charge in [-0.2, -0.15) is 0 Å². The Morgan fingerprint density at radius 2 is 1.78 bits per heavy atom. The second-order valence-corrected chi connectivity index (χ2v) is 4.75. The molecule has 2 atom stereocenters. The molecule has 0 amide bonds. The maximum Gasteiger partial charge on any atom is 0.320 e. The molecule has 3 nitrogen and oxygen atoms in total. The monoisotopic (exact) mass is 249 g/mol. The van der Waals surface area contributed by atoms with Crippen LogP contribution in [0.15, 0.2) is 24.3 Å². The highest BCUT2D eigenvalue weighted by Crippen LogP contribution is 2.10. The minimum atomic E-state index is -0.769. The van der Waals surface area contributed by atoms with E-state index in [1.807, 2.05) is 13.8 Å². The molecule has 1 rings (SSSR count). The van der Waals surface area contributed by atoms with Crippen molar-refractivity contribution in [3.8, 4) is 0 Å². The van der Waals surface area contributed by atoms with Crippen LogP contribution in [0.3, 0.4) is 0 Å². The Labute approximate surface area is 109 Å². The molecule has 0 bridgehead atoms. The molecule has 0 spiro atoms. The van der Waals surface area contributed by atoms with Crippen LogP contribution in [0.5, 0.6) is 0 Å². The second-order valence-electron chi connectivity index (χ2n) is 4.75. The summed E-state index contributed by atoms with van der Waals surface area (Å²) in [4.78, 5) is 11.2. The molecule has 1 aromatic rings. The molecule has 2 unspecified atom stereocenters. The summed E-state index contributed by atoms with van der Waals surface area (Å²) in [5, 5.41) is 12.3. The molecular weight excluding hydrogens is 226 g/mol. The first-order valence-electron chi connectivity index (χ1n) is 6.62. The van der Waals surface area contributed by atoms with E-state index in [4.69, 9.17) is 0 Å². The lowest BCUT2D eigenvalue weighted by Crippen LogP contribution is -2.41. The van der Waals surface area contributed by atoms with Crippen molar-refractivity contribution in [2.45, 2.75) is 46.2 Å². The molecule has 0 saturated heterocycles. The number of benzene rings is 1. The summed E-state index contributed by atoms with van der Waals surface area (Å²) in [5.74, 6) is -0.632. The summed E-state index contributed by atoms with van der Waals surface area (Å²) >= 11 is 0. The van der Waals surface area contributed by atoms with Crippen molar-refractivity contribution >= 4 is 5.97 Å². The zero-order chi connectivity index (χ0) is 13.5. The number of nitrogens with one attached hydrogen (secondary N) is 1. The van der Waals surface area contributed by atoms with Crippen LogP contribution < -0.4 is 5.32 Å². The Morgan fingerprint density at radius 1 is 1.22 bits per heavy atom. The van der Waals surface area contributed by atoms with Crippen molar-refractivity contribution < 1.29 is 9.90 Å². The van der Waals surface area contributed by atoms with E-state index in [1.165, 1.54) is 5.56 Å². The molecule has 2 N–H and O–H groups in total. The molecule has 100 valence electrons. The average Bonchev–Trinajstić information content (AvgIpc) is 2.39. The summed E-state index contributed by atoms with van der Waals surface area (Å²) < 4.78 is 0. The van der Waals surface area contributed by atoms with Crippen molar-refractivity contribution in [3.05, 3.63) is 35.4 Å². The molecule has 0 saturated carbocycles. The van der Waals surface area contributed by atoms with Gasteiger partial charge in [-0.1, -0.05) is 51.5 Å². The molecule has 0 heterocycles. The van der Waals surface area contributed by atoms with Crippen molar-refractivity contribution in [2.24, 2.45) is 5.92 Å². The lowest BCUT2D eigenvalue weighted by Gasteiger charge is -2.20. The first kappa shape index (κ1) is 14.7. The van der Waals surface area contributed by atoms with E-state index in [2.05, 4.69) is 36.5 Å². The standard InChI is InChI=1S/C15H23NO2/c1-4-11(3)14(15(17)18)16-10-13-8-6-12(5-2)7-9-13/h6-9,11,14,16H,4-5,10H2,1-3H3,(H,17,18). The van der Waals surface area contributed by atoms with Crippen LogP contribution in [0.1, 0.15) is 38.3 Å². The molecule has 1 aromatic carbocycles. The van der Waals surface area contributed by atoms with Gasteiger partial charge in [0.2, 0.25) is 0 Å². The summed E-state index contributed by atoms with van der Waals surface area (Å²) in [6.07, 6.45) is 1.89. The molecule has 0 aliphatic rings. The molecule has 3 heteroatoms. The molecule has 0 fully saturated rings. The number of hydrogen-bond donors (Lipinski definition) is 2. The van der Waals surface area contributed by atoms with E-state index in [0.29, 0.717) is 6.54 Å². The fourth-order valence-electron chi connectivity index (χ4n) is 1.89. The Kier molecular flexibility index (Phi) is 5.86. The first-order chi connectivity index (χ1) is 8.58. The Balaban J connectivity index is 2.58. The summed E-state index contributed by atoms with van der Waals surface area (Å²) in [5.41, 5.74) is 2.43. The normalized spacial score (nSPS) is 14.2. The zero-order valence-corrected chi connectivity index (χ0v) is 11.4. The molecule has 0 radical (unpaired) electrons. The number of hydrogen-bond acceptors (Lipinski definition) is 2. The minimum Gasteiger partial charge on any atom is -0.480 e. The van der Waals surface area contributed by atoms with E-state index < -0.39 is 12.0 Å². The molecular formula is C15H23NO2. The van der Waals surface area contributed by atoms with E-state index in [1.54, 1.807) is 0 Å². The fraction of sp³-hybridized carbons (Fsp3) is 0.533. The van der Waals surface area contributed by atoms with E-state index in [-0.39, 0.29) is 5.92 Å². The quantitative estimate of drug-likeness (QED) is 0.781. The SMILES string of the molecule is CCc1ccc(CNC(C(=O)O)C(C)CC)cc1. The minimum absolute atomic E-state index is 0.136. The third kappa shape index (κ3) is 4.15. The maximum absolute atomic E-state index is 11.2. The predicted molar refractivity (Wildman–Crippen MR) is 73.5 cm³/mol. The van der Waals surface area contributed by atoms with Crippen LogP contribution in [0.4, 0.5) is 0 Å². The third-order valence-corrected chi connectivity index (χ3v) is 3.44. The smallest absolute Gasteiger partial charge is 0.320 e. The first-order valence-corrected chi connectivity index (χ1v) is 6.62. The van der Waals surface area contributed by atoms with Crippen molar-refractivity contribution in [2.75, 3.05) is 0 Å². The van der Waals surface area contributed by atoms with Gasteiger partial charge in [-0.05, 0) is 23.5 Å². The van der Waals surface area contributed by atoms with E-state index in [9.17, 15) is 9.90 Å². The Bertz CT molecular complexity index is 373. The summed E-state index contributed by atoms with van der Waals surface area (Å²) in [7, 11) is 0. The van der Waals surface area contributed by atoms with Gasteiger partial charge in [0.05, 0.1) is 0 Å². The van der Waals surface area contributed by atoms with Gasteiger partial charge in [0.15, 0.2) is 0 Å². The number of rotatable bonds is 7. The number of carboxylic acids is 1. The summed E-state index contributed by atoms with van der Waals surface area (Å²) in [6.45, 7) is 6.70. The number of aliphatic carboxylic acids is 1. The highest BCUT2D eigenvalue weighted by atomic mass is 16.4. The van der Waals surface area contributed by atoms with Gasteiger partial charge < -0.3 is 10.4 Å². The largest absolute Gasteiger partial charge is 0.480 e. The Hall–Kier alpha value is -1.35. The molecule has 0 aromatic heterocycles.